The molecular weight excluding hydrogens is 246 g/mol. The molecular formula is C18H29NO. The third-order valence-electron chi connectivity index (χ3n) is 3.68. The van der Waals surface area contributed by atoms with E-state index in [-0.39, 0.29) is 0 Å². The fourth-order valence-electron chi connectivity index (χ4n) is 2.29. The minimum atomic E-state index is 0.666. The molecule has 0 aliphatic heterocycles. The summed E-state index contributed by atoms with van der Waals surface area (Å²) in [6, 6.07) is 8.75. The number of hydrogen-bond donors (Lipinski definition) is 0. The van der Waals surface area contributed by atoms with Crippen LogP contribution in [0.4, 0.5) is 0 Å². The summed E-state index contributed by atoms with van der Waals surface area (Å²) in [6.07, 6.45) is 5.34. The van der Waals surface area contributed by atoms with E-state index in [1.165, 1.54) is 19.4 Å². The van der Waals surface area contributed by atoms with E-state index in [9.17, 15) is 0 Å². The lowest BCUT2D eigenvalue weighted by atomic mass is 10.2. The first-order valence-corrected chi connectivity index (χ1v) is 7.80. The van der Waals surface area contributed by atoms with Crippen molar-refractivity contribution in [1.29, 1.82) is 0 Å². The highest BCUT2D eigenvalue weighted by molar-refractivity contribution is 5.49. The van der Waals surface area contributed by atoms with Crippen LogP contribution in [-0.4, -0.2) is 30.6 Å². The minimum Gasteiger partial charge on any atom is -0.494 e. The molecule has 1 rings (SSSR count). The smallest absolute Gasteiger partial charge is 0.119 e. The van der Waals surface area contributed by atoms with Gasteiger partial charge in [0.25, 0.3) is 0 Å². The van der Waals surface area contributed by atoms with E-state index in [1.807, 2.05) is 30.3 Å². The first-order valence-electron chi connectivity index (χ1n) is 7.80. The summed E-state index contributed by atoms with van der Waals surface area (Å²) in [4.78, 5) is 2.56. The maximum absolute atomic E-state index is 5.82. The first-order chi connectivity index (χ1) is 9.71. The van der Waals surface area contributed by atoms with Crippen LogP contribution >= 0.6 is 0 Å². The summed E-state index contributed by atoms with van der Waals surface area (Å²) >= 11 is 0. The van der Waals surface area contributed by atoms with Crippen LogP contribution in [0, 0.1) is 0 Å². The Labute approximate surface area is 124 Å². The zero-order valence-electron chi connectivity index (χ0n) is 13.3. The zero-order chi connectivity index (χ0) is 14.8. The van der Waals surface area contributed by atoms with Crippen LogP contribution in [0.2, 0.25) is 0 Å². The summed E-state index contributed by atoms with van der Waals surface area (Å²) in [5.74, 6) is 0.938. The predicted octanol–water partition coefficient (Wildman–Crippen LogP) is 4.61. The molecule has 0 N–H and O–H groups in total. The largest absolute Gasteiger partial charge is 0.494 e. The van der Waals surface area contributed by atoms with Crippen molar-refractivity contribution < 1.29 is 4.74 Å². The number of benzene rings is 1. The van der Waals surface area contributed by atoms with Crippen molar-refractivity contribution in [1.82, 2.24) is 4.90 Å². The maximum atomic E-state index is 5.82. The van der Waals surface area contributed by atoms with Crippen molar-refractivity contribution in [3.63, 3.8) is 0 Å². The van der Waals surface area contributed by atoms with E-state index in [2.05, 4.69) is 32.3 Å². The van der Waals surface area contributed by atoms with Gasteiger partial charge in [-0.15, -0.1) is 0 Å². The Hall–Kier alpha value is -1.28. The van der Waals surface area contributed by atoms with E-state index < -0.39 is 0 Å². The molecule has 0 bridgehead atoms. The first kappa shape index (κ1) is 16.8. The van der Waals surface area contributed by atoms with Crippen molar-refractivity contribution in [2.24, 2.45) is 0 Å². The number of hydrogen-bond acceptors (Lipinski definition) is 2. The Balaban J connectivity index is 2.33. The molecule has 20 heavy (non-hydrogen) atoms. The average Bonchev–Trinajstić information content (AvgIpc) is 2.49. The summed E-state index contributed by atoms with van der Waals surface area (Å²) in [5.41, 5.74) is 1.11. The molecule has 0 heterocycles. The predicted molar refractivity (Wildman–Crippen MR) is 88.3 cm³/mol. The lowest BCUT2D eigenvalue weighted by molar-refractivity contribution is 0.184. The van der Waals surface area contributed by atoms with E-state index in [4.69, 9.17) is 4.74 Å². The second kappa shape index (κ2) is 9.60. The van der Waals surface area contributed by atoms with Gasteiger partial charge in [-0.3, -0.25) is 0 Å². The van der Waals surface area contributed by atoms with Gasteiger partial charge in [0.2, 0.25) is 0 Å². The molecule has 2 nitrogen and oxygen atoms in total. The third-order valence-corrected chi connectivity index (χ3v) is 3.68. The van der Waals surface area contributed by atoms with Crippen LogP contribution in [0.3, 0.4) is 0 Å². The highest BCUT2D eigenvalue weighted by Gasteiger charge is 2.10. The quantitative estimate of drug-likeness (QED) is 0.578. The van der Waals surface area contributed by atoms with Gasteiger partial charge in [0, 0.05) is 12.6 Å². The summed E-state index contributed by atoms with van der Waals surface area (Å²) < 4.78 is 5.82. The van der Waals surface area contributed by atoms with Gasteiger partial charge in [-0.05, 0) is 50.4 Å². The molecule has 0 saturated carbocycles. The van der Waals surface area contributed by atoms with Crippen LogP contribution in [0.25, 0.3) is 6.08 Å². The molecule has 0 radical (unpaired) electrons. The molecule has 112 valence electrons. The Morgan fingerprint density at radius 3 is 2.75 bits per heavy atom. The van der Waals surface area contributed by atoms with Crippen molar-refractivity contribution in [3.05, 3.63) is 36.4 Å². The van der Waals surface area contributed by atoms with E-state index in [0.717, 1.165) is 30.9 Å². The van der Waals surface area contributed by atoms with Gasteiger partial charge in [0.15, 0.2) is 0 Å². The van der Waals surface area contributed by atoms with Gasteiger partial charge in [-0.1, -0.05) is 38.6 Å². The molecule has 1 atom stereocenters. The Bertz CT molecular complexity index is 389. The molecule has 2 heteroatoms. The molecule has 0 aliphatic rings. The average molecular weight is 275 g/mol. The van der Waals surface area contributed by atoms with Crippen LogP contribution < -0.4 is 4.74 Å². The lowest BCUT2D eigenvalue weighted by Crippen LogP contribution is -2.34. The third kappa shape index (κ3) is 5.79. The molecule has 0 fully saturated rings. The van der Waals surface area contributed by atoms with Crippen molar-refractivity contribution >= 4 is 6.08 Å². The topological polar surface area (TPSA) is 12.5 Å². The van der Waals surface area contributed by atoms with Crippen molar-refractivity contribution in [3.8, 4) is 5.75 Å². The second-order valence-corrected chi connectivity index (χ2v) is 5.27. The maximum Gasteiger partial charge on any atom is 0.119 e. The van der Waals surface area contributed by atoms with Crippen LogP contribution in [-0.2, 0) is 0 Å². The highest BCUT2D eigenvalue weighted by atomic mass is 16.5. The molecule has 0 aliphatic carbocycles. The molecule has 1 aromatic rings. The van der Waals surface area contributed by atoms with Crippen LogP contribution in [0.15, 0.2) is 30.8 Å². The van der Waals surface area contributed by atoms with E-state index in [1.54, 1.807) is 0 Å². The zero-order valence-corrected chi connectivity index (χ0v) is 13.3. The highest BCUT2D eigenvalue weighted by Crippen LogP contribution is 2.14. The SMILES string of the molecule is C=Cc1cccc(OCCCN(CCC)C(C)CC)c1. The monoisotopic (exact) mass is 275 g/mol. The Morgan fingerprint density at radius 1 is 1.30 bits per heavy atom. The Kier molecular flexibility index (Phi) is 8.05. The molecule has 1 aromatic carbocycles. The van der Waals surface area contributed by atoms with Crippen molar-refractivity contribution in [2.75, 3.05) is 19.7 Å². The summed E-state index contributed by atoms with van der Waals surface area (Å²) in [5, 5.41) is 0. The van der Waals surface area contributed by atoms with Gasteiger partial charge in [-0.25, -0.2) is 0 Å². The fraction of sp³-hybridized carbons (Fsp3) is 0.556. The minimum absolute atomic E-state index is 0.666. The van der Waals surface area contributed by atoms with Crippen LogP contribution in [0.5, 0.6) is 5.75 Å². The second-order valence-electron chi connectivity index (χ2n) is 5.27. The van der Waals surface area contributed by atoms with Gasteiger partial charge >= 0.3 is 0 Å². The molecule has 0 saturated heterocycles. The molecule has 0 amide bonds. The normalized spacial score (nSPS) is 12.4. The number of rotatable bonds is 10. The van der Waals surface area contributed by atoms with E-state index in [0.29, 0.717) is 6.04 Å². The fourth-order valence-corrected chi connectivity index (χ4v) is 2.29. The summed E-state index contributed by atoms with van der Waals surface area (Å²) in [6.45, 7) is 13.7. The molecule has 0 spiro atoms. The van der Waals surface area contributed by atoms with Crippen LogP contribution in [0.1, 0.15) is 45.6 Å². The number of nitrogens with zero attached hydrogens (tertiary/aromatic N) is 1. The Morgan fingerprint density at radius 2 is 2.10 bits per heavy atom. The summed E-state index contributed by atoms with van der Waals surface area (Å²) in [7, 11) is 0. The standard InChI is InChI=1S/C18H29NO/c1-5-12-19(16(4)6-2)13-9-14-20-18-11-8-10-17(7-3)15-18/h7-8,10-11,15-16H,3,5-6,9,12-14H2,1-2,4H3. The molecule has 1 unspecified atom stereocenters. The number of ether oxygens (including phenoxy) is 1. The van der Waals surface area contributed by atoms with Gasteiger partial charge in [0.1, 0.15) is 5.75 Å². The van der Waals surface area contributed by atoms with Gasteiger partial charge < -0.3 is 9.64 Å². The van der Waals surface area contributed by atoms with Crippen molar-refractivity contribution in [2.45, 2.75) is 46.1 Å². The molecule has 0 aromatic heterocycles. The van der Waals surface area contributed by atoms with Gasteiger partial charge in [0.05, 0.1) is 6.61 Å². The lowest BCUT2D eigenvalue weighted by Gasteiger charge is -2.27. The van der Waals surface area contributed by atoms with Gasteiger partial charge in [-0.2, -0.15) is 0 Å². The van der Waals surface area contributed by atoms with E-state index >= 15 is 0 Å².